The Balaban J connectivity index is 1.56. The van der Waals surface area contributed by atoms with Crippen LogP contribution in [0.3, 0.4) is 0 Å². The second kappa shape index (κ2) is 6.98. The van der Waals surface area contributed by atoms with Gasteiger partial charge in [-0.2, -0.15) is 0 Å². The molecule has 0 saturated carbocycles. The highest BCUT2D eigenvalue weighted by molar-refractivity contribution is 6.30. The predicted molar refractivity (Wildman–Crippen MR) is 90.1 cm³/mol. The number of carboxylic acid groups (broad SMARTS) is 1. The molecule has 0 spiro atoms. The molecule has 2 heterocycles. The lowest BCUT2D eigenvalue weighted by atomic mass is 10.2. The van der Waals surface area contributed by atoms with Crippen molar-refractivity contribution in [3.05, 3.63) is 58.7 Å². The average molecular weight is 332 g/mol. The second-order valence-corrected chi connectivity index (χ2v) is 6.04. The minimum atomic E-state index is -0.949. The molecule has 1 N–H and O–H groups in total. The molecule has 0 radical (unpaired) electrons. The molecule has 1 aromatic heterocycles. The van der Waals surface area contributed by atoms with Crippen molar-refractivity contribution in [1.82, 2.24) is 9.88 Å². The lowest BCUT2D eigenvalue weighted by Crippen LogP contribution is -2.46. The molecule has 120 valence electrons. The molecule has 5 nitrogen and oxygen atoms in total. The number of hydrogen-bond acceptors (Lipinski definition) is 4. The molecule has 0 aliphatic carbocycles. The maximum absolute atomic E-state index is 10.9. The van der Waals surface area contributed by atoms with Crippen LogP contribution in [-0.4, -0.2) is 47.1 Å². The molecule has 23 heavy (non-hydrogen) atoms. The lowest BCUT2D eigenvalue weighted by Gasteiger charge is -2.35. The lowest BCUT2D eigenvalue weighted by molar-refractivity contribution is 0.0696. The first kappa shape index (κ1) is 15.8. The van der Waals surface area contributed by atoms with E-state index in [1.165, 1.54) is 11.8 Å². The van der Waals surface area contributed by atoms with E-state index in [9.17, 15) is 4.79 Å². The fraction of sp³-hybridized carbons (Fsp3) is 0.294. The normalized spacial score (nSPS) is 15.6. The van der Waals surface area contributed by atoms with Gasteiger partial charge in [-0.3, -0.25) is 4.90 Å². The molecule has 0 amide bonds. The molecular weight excluding hydrogens is 314 g/mol. The van der Waals surface area contributed by atoms with Crippen LogP contribution in [0.4, 0.5) is 5.82 Å². The van der Waals surface area contributed by atoms with E-state index in [2.05, 4.69) is 20.9 Å². The third-order valence-corrected chi connectivity index (χ3v) is 4.22. The number of carbonyl (C=O) groups is 1. The summed E-state index contributed by atoms with van der Waals surface area (Å²) in [6, 6.07) is 11.3. The molecule has 1 saturated heterocycles. The predicted octanol–water partition coefficient (Wildman–Crippen LogP) is 2.76. The molecule has 0 atom stereocenters. The number of anilines is 1. The Kier molecular flexibility index (Phi) is 4.79. The van der Waals surface area contributed by atoms with Crippen molar-refractivity contribution >= 4 is 23.4 Å². The third-order valence-electron chi connectivity index (χ3n) is 3.99. The van der Waals surface area contributed by atoms with E-state index in [-0.39, 0.29) is 5.56 Å². The fourth-order valence-corrected chi connectivity index (χ4v) is 2.94. The Bertz CT molecular complexity index is 682. The Morgan fingerprint density at radius 3 is 2.57 bits per heavy atom. The number of halogens is 1. The number of piperazine rings is 1. The van der Waals surface area contributed by atoms with Crippen LogP contribution in [0.2, 0.25) is 5.02 Å². The first-order chi connectivity index (χ1) is 11.1. The van der Waals surface area contributed by atoms with Gasteiger partial charge in [0, 0.05) is 43.9 Å². The van der Waals surface area contributed by atoms with Gasteiger partial charge in [0.2, 0.25) is 0 Å². The van der Waals surface area contributed by atoms with Crippen LogP contribution in [0.25, 0.3) is 0 Å². The molecule has 2 aromatic rings. The van der Waals surface area contributed by atoms with Gasteiger partial charge in [0.15, 0.2) is 0 Å². The number of hydrogen-bond donors (Lipinski definition) is 1. The van der Waals surface area contributed by atoms with Crippen molar-refractivity contribution < 1.29 is 9.90 Å². The van der Waals surface area contributed by atoms with Crippen molar-refractivity contribution in [2.45, 2.75) is 6.54 Å². The topological polar surface area (TPSA) is 56.7 Å². The zero-order valence-corrected chi connectivity index (χ0v) is 13.4. The highest BCUT2D eigenvalue weighted by Gasteiger charge is 2.18. The Morgan fingerprint density at radius 1 is 1.17 bits per heavy atom. The average Bonchev–Trinajstić information content (AvgIpc) is 2.56. The van der Waals surface area contributed by atoms with Gasteiger partial charge < -0.3 is 10.0 Å². The van der Waals surface area contributed by atoms with Crippen molar-refractivity contribution in [3.63, 3.8) is 0 Å². The first-order valence-corrected chi connectivity index (χ1v) is 7.91. The molecular formula is C17H18ClN3O2. The van der Waals surface area contributed by atoms with Gasteiger partial charge in [-0.15, -0.1) is 0 Å². The van der Waals surface area contributed by atoms with Crippen molar-refractivity contribution in [1.29, 1.82) is 0 Å². The van der Waals surface area contributed by atoms with Crippen LogP contribution in [0.5, 0.6) is 0 Å². The number of rotatable bonds is 4. The molecule has 0 bridgehead atoms. The van der Waals surface area contributed by atoms with Gasteiger partial charge in [0.05, 0.1) is 5.56 Å². The standard InChI is InChI=1S/C17H18ClN3O2/c18-15-3-1-2-13(10-15)12-20-6-8-21(9-7-20)16-5-4-14(11-19-16)17(22)23/h1-5,10-11H,6-9,12H2,(H,22,23). The molecule has 3 rings (SSSR count). The molecule has 1 aliphatic heterocycles. The van der Waals surface area contributed by atoms with Crippen molar-refractivity contribution in [2.75, 3.05) is 31.1 Å². The fourth-order valence-electron chi connectivity index (χ4n) is 2.73. The number of aromatic nitrogens is 1. The minimum absolute atomic E-state index is 0.216. The highest BCUT2D eigenvalue weighted by Crippen LogP contribution is 2.17. The zero-order chi connectivity index (χ0) is 16.2. The summed E-state index contributed by atoms with van der Waals surface area (Å²) in [5.74, 6) is -0.118. The molecule has 1 fully saturated rings. The smallest absolute Gasteiger partial charge is 0.337 e. The highest BCUT2D eigenvalue weighted by atomic mass is 35.5. The zero-order valence-electron chi connectivity index (χ0n) is 12.7. The summed E-state index contributed by atoms with van der Waals surface area (Å²) in [6.07, 6.45) is 1.41. The number of carboxylic acids is 1. The number of pyridine rings is 1. The summed E-state index contributed by atoms with van der Waals surface area (Å²) >= 11 is 6.02. The third kappa shape index (κ3) is 4.00. The van der Waals surface area contributed by atoms with Crippen LogP contribution in [0.15, 0.2) is 42.6 Å². The summed E-state index contributed by atoms with van der Waals surface area (Å²) in [5.41, 5.74) is 1.43. The Hall–Kier alpha value is -2.11. The van der Waals surface area contributed by atoms with Crippen LogP contribution in [0, 0.1) is 0 Å². The first-order valence-electron chi connectivity index (χ1n) is 7.53. The monoisotopic (exact) mass is 331 g/mol. The number of nitrogens with zero attached hydrogens (tertiary/aromatic N) is 3. The van der Waals surface area contributed by atoms with Gasteiger partial charge in [-0.25, -0.2) is 9.78 Å². The van der Waals surface area contributed by atoms with E-state index in [0.29, 0.717) is 0 Å². The quantitative estimate of drug-likeness (QED) is 0.933. The summed E-state index contributed by atoms with van der Waals surface area (Å²) in [5, 5.41) is 9.68. The molecule has 0 unspecified atom stereocenters. The van der Waals surface area contributed by atoms with Crippen LogP contribution in [0.1, 0.15) is 15.9 Å². The van der Waals surface area contributed by atoms with E-state index in [4.69, 9.17) is 16.7 Å². The van der Waals surface area contributed by atoms with Crippen LogP contribution in [-0.2, 0) is 6.54 Å². The number of aromatic carboxylic acids is 1. The molecule has 1 aromatic carbocycles. The summed E-state index contributed by atoms with van der Waals surface area (Å²) in [7, 11) is 0. The van der Waals surface area contributed by atoms with E-state index in [1.807, 2.05) is 18.2 Å². The van der Waals surface area contributed by atoms with Gasteiger partial charge in [-0.05, 0) is 29.8 Å². The SMILES string of the molecule is O=C(O)c1ccc(N2CCN(Cc3cccc(Cl)c3)CC2)nc1. The number of benzene rings is 1. The Labute approximate surface area is 140 Å². The molecule has 6 heteroatoms. The van der Waals surface area contributed by atoms with Crippen molar-refractivity contribution in [2.24, 2.45) is 0 Å². The Morgan fingerprint density at radius 2 is 1.96 bits per heavy atom. The maximum Gasteiger partial charge on any atom is 0.337 e. The van der Waals surface area contributed by atoms with Crippen LogP contribution >= 0.6 is 11.6 Å². The largest absolute Gasteiger partial charge is 0.478 e. The molecule has 1 aliphatic rings. The van der Waals surface area contributed by atoms with Crippen LogP contribution < -0.4 is 4.90 Å². The van der Waals surface area contributed by atoms with E-state index in [1.54, 1.807) is 12.1 Å². The van der Waals surface area contributed by atoms with Crippen molar-refractivity contribution in [3.8, 4) is 0 Å². The van der Waals surface area contributed by atoms with E-state index in [0.717, 1.165) is 43.6 Å². The van der Waals surface area contributed by atoms with Gasteiger partial charge in [-0.1, -0.05) is 23.7 Å². The summed E-state index contributed by atoms with van der Waals surface area (Å²) in [4.78, 5) is 19.7. The van der Waals surface area contributed by atoms with E-state index < -0.39 is 5.97 Å². The van der Waals surface area contributed by atoms with E-state index >= 15 is 0 Å². The maximum atomic E-state index is 10.9. The van der Waals surface area contributed by atoms with Gasteiger partial charge in [0.25, 0.3) is 0 Å². The van der Waals surface area contributed by atoms with Gasteiger partial charge >= 0.3 is 5.97 Å². The minimum Gasteiger partial charge on any atom is -0.478 e. The second-order valence-electron chi connectivity index (χ2n) is 5.60. The summed E-state index contributed by atoms with van der Waals surface area (Å²) in [6.45, 7) is 4.52. The van der Waals surface area contributed by atoms with Gasteiger partial charge in [0.1, 0.15) is 5.82 Å². The summed E-state index contributed by atoms with van der Waals surface area (Å²) < 4.78 is 0.